The number of hydrogen-bond donors (Lipinski definition) is 0. The second kappa shape index (κ2) is 4.68. The summed E-state index contributed by atoms with van der Waals surface area (Å²) in [5.74, 6) is -0.265. The molecule has 1 heterocycles. The van der Waals surface area contributed by atoms with Gasteiger partial charge in [0, 0.05) is 0 Å². The summed E-state index contributed by atoms with van der Waals surface area (Å²) in [7, 11) is 0. The fourth-order valence-corrected chi connectivity index (χ4v) is 3.23. The quantitative estimate of drug-likeness (QED) is 0.473. The first-order valence-corrected chi connectivity index (χ1v) is 8.09. The van der Waals surface area contributed by atoms with Crippen LogP contribution in [0.4, 0.5) is 4.79 Å². The summed E-state index contributed by atoms with van der Waals surface area (Å²) in [4.78, 5) is 23.5. The Labute approximate surface area is 124 Å². The molecule has 2 rings (SSSR count). The van der Waals surface area contributed by atoms with E-state index >= 15 is 0 Å². The van der Waals surface area contributed by atoms with Crippen molar-refractivity contribution in [2.75, 3.05) is 0 Å². The Morgan fingerprint density at radius 3 is 2.71 bits per heavy atom. The molecule has 1 fully saturated rings. The van der Waals surface area contributed by atoms with Gasteiger partial charge in [0.05, 0.1) is 0 Å². The monoisotopic (exact) mass is 487 g/mol. The molecule has 1 aliphatic rings. The summed E-state index contributed by atoms with van der Waals surface area (Å²) in [5, 5.41) is 0.700. The molecule has 0 aliphatic carbocycles. The predicted molar refractivity (Wildman–Crippen MR) is 65.5 cm³/mol. The average molecular weight is 487 g/mol. The van der Waals surface area contributed by atoms with Crippen LogP contribution in [0.15, 0.2) is 24.3 Å². The van der Waals surface area contributed by atoms with E-state index in [0.717, 1.165) is 11.1 Å². The van der Waals surface area contributed by atoms with Gasteiger partial charge in [-0.2, -0.15) is 0 Å². The van der Waals surface area contributed by atoms with Crippen LogP contribution < -0.4 is 0 Å². The summed E-state index contributed by atoms with van der Waals surface area (Å²) in [5.41, 5.74) is 0.599. The molecule has 0 spiro atoms. The van der Waals surface area contributed by atoms with Crippen LogP contribution in [-0.2, 0) is 20.5 Å². The number of imide groups is 1. The van der Waals surface area contributed by atoms with E-state index in [1.54, 1.807) is 13.0 Å². The summed E-state index contributed by atoms with van der Waals surface area (Å²) in [6.45, 7) is 1.64. The number of cyclic esters (lactones) is 1. The number of nitrogens with zero attached hydrogens (tertiary/aromatic N) is 1. The number of hydrogen-bond acceptors (Lipinski definition) is 3. The molecule has 86 valence electrons. The van der Waals surface area contributed by atoms with E-state index in [9.17, 15) is 9.59 Å². The molecule has 0 aromatic heterocycles. The number of benzene rings is 1. The van der Waals surface area contributed by atoms with Crippen molar-refractivity contribution in [3.63, 3.8) is 0 Å². The van der Waals surface area contributed by atoms with Gasteiger partial charge in [-0.15, -0.1) is 0 Å². The molecular weight excluding hydrogens is 478 g/mol. The number of rotatable bonds is 2. The Hall–Kier alpha value is -0.438. The average Bonchev–Trinajstić information content (AvgIpc) is 2.55. The van der Waals surface area contributed by atoms with Crippen LogP contribution in [0.1, 0.15) is 18.1 Å². The zero-order valence-corrected chi connectivity index (χ0v) is 15.2. The zero-order chi connectivity index (χ0) is 12.6. The summed E-state index contributed by atoms with van der Waals surface area (Å²) < 4.78 is 6.39. The fourth-order valence-electron chi connectivity index (χ4n) is 1.71. The molecule has 1 atom stereocenters. The molecule has 0 radical (unpaired) electrons. The van der Waals surface area contributed by atoms with Crippen LogP contribution in [0.25, 0.3) is 0 Å². The predicted octanol–water partition coefficient (Wildman–Crippen LogP) is 1.86. The van der Waals surface area contributed by atoms with Crippen molar-refractivity contribution in [3.8, 4) is 0 Å². The van der Waals surface area contributed by atoms with Gasteiger partial charge in [0.15, 0.2) is 0 Å². The molecule has 0 saturated carbocycles. The van der Waals surface area contributed by atoms with E-state index in [1.807, 2.05) is 18.2 Å². The number of carbonyl (C=O) groups is 2. The topological polar surface area (TPSA) is 46.6 Å². The summed E-state index contributed by atoms with van der Waals surface area (Å²) in [6.07, 6.45) is -0.535. The Morgan fingerprint density at radius 1 is 1.47 bits per heavy atom. The number of halogens is 1. The van der Waals surface area contributed by atoms with E-state index in [2.05, 4.69) is 15.9 Å². The molecule has 1 aromatic carbocycles. The van der Waals surface area contributed by atoms with Gasteiger partial charge in [-0.3, -0.25) is 0 Å². The van der Waals surface area contributed by atoms with E-state index in [0.29, 0.717) is 5.33 Å². The summed E-state index contributed by atoms with van der Waals surface area (Å²) >= 11 is 3.49. The van der Waals surface area contributed by atoms with Crippen molar-refractivity contribution in [2.45, 2.75) is 17.9 Å². The molecule has 2 amide bonds. The van der Waals surface area contributed by atoms with Gasteiger partial charge in [0.1, 0.15) is 0 Å². The molecule has 1 saturated heterocycles. The Balaban J connectivity index is 2.45. The first-order valence-electron chi connectivity index (χ1n) is 4.96. The molecule has 1 aliphatic heterocycles. The third-order valence-electron chi connectivity index (χ3n) is 2.75. The van der Waals surface area contributed by atoms with E-state index in [-0.39, 0.29) is 32.0 Å². The molecule has 0 bridgehead atoms. The molecule has 0 N–H and O–H groups in total. The standard InChI is InChI=1S/C11H10BrNO3.Tl/c1-11(9(14)13-10(15)16-11)8-4-2-3-7(5-8)6-12;/h2-5H,6H2,1H3,(H,13,14,15);/q;+1/p-1/t11-;/m1./s1. The molecule has 1 aromatic rings. The molecule has 6 heteroatoms. The van der Waals surface area contributed by atoms with E-state index in [4.69, 9.17) is 4.74 Å². The summed E-state index contributed by atoms with van der Waals surface area (Å²) in [6, 6.07) is 7.49. The molecule has 17 heavy (non-hydrogen) atoms. The van der Waals surface area contributed by atoms with Gasteiger partial charge in [-0.25, -0.2) is 0 Å². The maximum absolute atomic E-state index is 12.0. The van der Waals surface area contributed by atoms with Gasteiger partial charge >= 0.3 is 124 Å². The second-order valence-electron chi connectivity index (χ2n) is 3.91. The van der Waals surface area contributed by atoms with Gasteiger partial charge < -0.3 is 0 Å². The van der Waals surface area contributed by atoms with Crippen LogP contribution in [0.3, 0.4) is 0 Å². The Bertz CT molecular complexity index is 493. The SMILES string of the molecule is C[C@]1(c2cccc(CBr)c2)OC(=O)[N]([Tl])C1=O. The number of amides is 2. The van der Waals surface area contributed by atoms with Gasteiger partial charge in [-0.05, 0) is 0 Å². The van der Waals surface area contributed by atoms with Crippen LogP contribution in [-0.4, -0.2) is 40.8 Å². The van der Waals surface area contributed by atoms with Crippen molar-refractivity contribution < 1.29 is 14.3 Å². The van der Waals surface area contributed by atoms with Crippen LogP contribution in [0, 0.1) is 0 Å². The third kappa shape index (κ3) is 2.14. The van der Waals surface area contributed by atoms with Crippen molar-refractivity contribution in [2.24, 2.45) is 0 Å². The second-order valence-corrected chi connectivity index (χ2v) is 6.48. The van der Waals surface area contributed by atoms with Crippen molar-refractivity contribution >= 4 is 54.0 Å². The molecule has 0 unspecified atom stereocenters. The van der Waals surface area contributed by atoms with Crippen LogP contribution >= 0.6 is 15.9 Å². The minimum atomic E-state index is -1.16. The molecule has 4 nitrogen and oxygen atoms in total. The van der Waals surface area contributed by atoms with Crippen LogP contribution in [0.2, 0.25) is 0 Å². The third-order valence-corrected chi connectivity index (χ3v) is 5.13. The first kappa shape index (κ1) is 13.0. The van der Waals surface area contributed by atoms with Crippen molar-refractivity contribution in [1.29, 1.82) is 0 Å². The van der Waals surface area contributed by atoms with Gasteiger partial charge in [-0.1, -0.05) is 0 Å². The number of carbonyl (C=O) groups excluding carboxylic acids is 2. The number of alkyl halides is 1. The zero-order valence-electron chi connectivity index (χ0n) is 9.14. The first-order chi connectivity index (χ1) is 7.99. The van der Waals surface area contributed by atoms with Gasteiger partial charge in [0.2, 0.25) is 0 Å². The van der Waals surface area contributed by atoms with Crippen molar-refractivity contribution in [3.05, 3.63) is 35.4 Å². The Kier molecular flexibility index (Phi) is 3.58. The normalized spacial score (nSPS) is 23.9. The van der Waals surface area contributed by atoms with E-state index < -0.39 is 11.7 Å². The van der Waals surface area contributed by atoms with Crippen LogP contribution in [0.5, 0.6) is 0 Å². The van der Waals surface area contributed by atoms with E-state index in [1.165, 1.54) is 2.71 Å². The minimum absolute atomic E-state index is 0.126. The Morgan fingerprint density at radius 2 is 2.18 bits per heavy atom. The van der Waals surface area contributed by atoms with Gasteiger partial charge in [0.25, 0.3) is 0 Å². The van der Waals surface area contributed by atoms with Crippen molar-refractivity contribution in [1.82, 2.24) is 2.71 Å². The fraction of sp³-hybridized carbons (Fsp3) is 0.273. The maximum atomic E-state index is 12.0. The number of ether oxygens (including phenoxy) is 1. The molecular formula is C11H9BrNO3Tl.